The van der Waals surface area contributed by atoms with E-state index in [0.717, 1.165) is 38.5 Å². The number of carbonyl (C=O) groups is 1. The van der Waals surface area contributed by atoms with Crippen LogP contribution in [0.15, 0.2) is 0 Å². The van der Waals surface area contributed by atoms with E-state index in [2.05, 4.69) is 20.8 Å². The van der Waals surface area contributed by atoms with Crippen molar-refractivity contribution in [1.82, 2.24) is 4.90 Å². The van der Waals surface area contributed by atoms with Gasteiger partial charge in [-0.25, -0.2) is 0 Å². The van der Waals surface area contributed by atoms with Crippen LogP contribution >= 0.6 is 0 Å². The van der Waals surface area contributed by atoms with Crippen molar-refractivity contribution >= 4 is 16.0 Å². The molecule has 5 rings (SSSR count). The molecule has 0 bridgehead atoms. The summed E-state index contributed by atoms with van der Waals surface area (Å²) in [4.78, 5) is 14.1. The van der Waals surface area contributed by atoms with Crippen molar-refractivity contribution in [1.29, 1.82) is 0 Å². The second-order valence-electron chi connectivity index (χ2n) is 13.5. The number of carbonyl (C=O) groups excluding carboxylic acids is 1. The maximum absolute atomic E-state index is 12.6. The zero-order valence-electron chi connectivity index (χ0n) is 21.9. The summed E-state index contributed by atoms with van der Waals surface area (Å²) >= 11 is 0. The first-order chi connectivity index (χ1) is 16.8. The highest BCUT2D eigenvalue weighted by Gasteiger charge is 2.65. The van der Waals surface area contributed by atoms with E-state index < -0.39 is 27.6 Å². The fourth-order valence-electron chi connectivity index (χ4n) is 9.67. The SMILES string of the molecule is CC(CCC(=O)N1CC(S(=O)(=O)O)C1)C1CCC2C3C(O)CC4CC(O)CCC4(C)C3CC(O)C12C. The van der Waals surface area contributed by atoms with Crippen LogP contribution in [0.5, 0.6) is 0 Å². The van der Waals surface area contributed by atoms with Crippen molar-refractivity contribution in [3.63, 3.8) is 0 Å². The lowest BCUT2D eigenvalue weighted by Crippen LogP contribution is -2.62. The maximum Gasteiger partial charge on any atom is 0.271 e. The van der Waals surface area contributed by atoms with Gasteiger partial charge >= 0.3 is 0 Å². The molecule has 11 atom stereocenters. The number of rotatable bonds is 5. The predicted octanol–water partition coefficient (Wildman–Crippen LogP) is 2.46. The number of likely N-dealkylation sites (tertiary alicyclic amines) is 1. The molecule has 0 aromatic rings. The molecule has 1 heterocycles. The minimum atomic E-state index is -4.09. The van der Waals surface area contributed by atoms with Crippen LogP contribution in [-0.2, 0) is 14.9 Å². The average Bonchev–Trinajstić information content (AvgIpc) is 3.10. The smallest absolute Gasteiger partial charge is 0.271 e. The third-order valence-corrected chi connectivity index (χ3v) is 13.1. The number of hydrogen-bond acceptors (Lipinski definition) is 6. The highest BCUT2D eigenvalue weighted by molar-refractivity contribution is 7.86. The summed E-state index contributed by atoms with van der Waals surface area (Å²) in [7, 11) is -4.09. The standard InChI is InChI=1S/C27H45NO7S/c1-15(4-7-24(32)28-13-18(14-28)36(33,34)35)19-5-6-20-25-21(12-23(31)27(19,20)3)26(2)9-8-17(29)10-16(26)11-22(25)30/h15-23,25,29-31H,4-14H2,1-3H3,(H,33,34,35). The first kappa shape index (κ1) is 26.9. The van der Waals surface area contributed by atoms with Crippen molar-refractivity contribution in [2.45, 2.75) is 102 Å². The number of nitrogens with zero attached hydrogens (tertiary/aromatic N) is 1. The lowest BCUT2D eigenvalue weighted by Gasteiger charge is -2.63. The molecule has 0 radical (unpaired) electrons. The van der Waals surface area contributed by atoms with E-state index in [1.54, 1.807) is 0 Å². The molecule has 11 unspecified atom stereocenters. The van der Waals surface area contributed by atoms with Gasteiger partial charge in [0.25, 0.3) is 10.1 Å². The van der Waals surface area contributed by atoms with Gasteiger partial charge in [0.1, 0.15) is 5.25 Å². The Morgan fingerprint density at radius 1 is 1.03 bits per heavy atom. The fourth-order valence-corrected chi connectivity index (χ4v) is 10.4. The molecule has 4 saturated carbocycles. The summed E-state index contributed by atoms with van der Waals surface area (Å²) in [5.74, 6) is 1.41. The monoisotopic (exact) mass is 527 g/mol. The second kappa shape index (κ2) is 9.18. The molecule has 1 saturated heterocycles. The minimum absolute atomic E-state index is 0.0543. The molecule has 4 N–H and O–H groups in total. The quantitative estimate of drug-likeness (QED) is 0.403. The van der Waals surface area contributed by atoms with Gasteiger partial charge in [0.2, 0.25) is 5.91 Å². The Kier molecular flexibility index (Phi) is 6.85. The molecule has 36 heavy (non-hydrogen) atoms. The van der Waals surface area contributed by atoms with Gasteiger partial charge in [-0.3, -0.25) is 9.35 Å². The van der Waals surface area contributed by atoms with Crippen molar-refractivity contribution in [2.75, 3.05) is 13.1 Å². The van der Waals surface area contributed by atoms with E-state index in [9.17, 15) is 28.5 Å². The summed E-state index contributed by atoms with van der Waals surface area (Å²) in [6.45, 7) is 6.84. The fraction of sp³-hybridized carbons (Fsp3) is 0.963. The molecule has 5 aliphatic rings. The number of fused-ring (bicyclic) bond motifs is 5. The first-order valence-corrected chi connectivity index (χ1v) is 15.5. The number of aliphatic hydroxyl groups is 3. The van der Waals surface area contributed by atoms with Crippen LogP contribution in [0.3, 0.4) is 0 Å². The van der Waals surface area contributed by atoms with Gasteiger partial charge in [-0.1, -0.05) is 20.8 Å². The third-order valence-electron chi connectivity index (χ3n) is 12.0. The minimum Gasteiger partial charge on any atom is -0.393 e. The van der Waals surface area contributed by atoms with Crippen molar-refractivity contribution in [3.8, 4) is 0 Å². The van der Waals surface area contributed by atoms with Gasteiger partial charge in [0.05, 0.1) is 18.3 Å². The molecule has 0 aromatic heterocycles. The molecule has 9 heteroatoms. The van der Waals surface area contributed by atoms with Crippen LogP contribution in [0.1, 0.15) is 78.6 Å². The van der Waals surface area contributed by atoms with Gasteiger partial charge in [-0.15, -0.1) is 0 Å². The third kappa shape index (κ3) is 4.16. The lowest BCUT2D eigenvalue weighted by molar-refractivity contribution is -0.207. The molecular formula is C27H45NO7S. The Hall–Kier alpha value is -0.740. The molecule has 0 spiro atoms. The normalized spacial score (nSPS) is 47.9. The zero-order valence-corrected chi connectivity index (χ0v) is 22.7. The molecular weight excluding hydrogens is 482 g/mol. The van der Waals surface area contributed by atoms with E-state index in [4.69, 9.17) is 4.55 Å². The van der Waals surface area contributed by atoms with Crippen molar-refractivity contribution in [2.24, 2.45) is 46.3 Å². The van der Waals surface area contributed by atoms with E-state index in [1.165, 1.54) is 4.90 Å². The van der Waals surface area contributed by atoms with Crippen LogP contribution in [-0.4, -0.2) is 75.7 Å². The van der Waals surface area contributed by atoms with Crippen LogP contribution in [0.2, 0.25) is 0 Å². The Morgan fingerprint density at radius 2 is 1.72 bits per heavy atom. The van der Waals surface area contributed by atoms with Gasteiger partial charge in [-0.05, 0) is 97.7 Å². The summed E-state index contributed by atoms with van der Waals surface area (Å²) in [6.07, 6.45) is 5.82. The van der Waals surface area contributed by atoms with Gasteiger partial charge in [0, 0.05) is 19.5 Å². The molecule has 4 aliphatic carbocycles. The van der Waals surface area contributed by atoms with E-state index in [0.29, 0.717) is 25.2 Å². The van der Waals surface area contributed by atoms with E-state index >= 15 is 0 Å². The highest BCUT2D eigenvalue weighted by atomic mass is 32.2. The number of amides is 1. The zero-order chi connectivity index (χ0) is 26.2. The summed E-state index contributed by atoms with van der Waals surface area (Å²) < 4.78 is 31.6. The molecule has 206 valence electrons. The number of hydrogen-bond donors (Lipinski definition) is 4. The molecule has 5 fully saturated rings. The molecule has 8 nitrogen and oxygen atoms in total. The van der Waals surface area contributed by atoms with Crippen LogP contribution < -0.4 is 0 Å². The average molecular weight is 528 g/mol. The Labute approximate surface area is 215 Å². The molecule has 0 aromatic carbocycles. The summed E-state index contributed by atoms with van der Waals surface area (Å²) in [5, 5.41) is 32.5. The lowest BCUT2D eigenvalue weighted by atomic mass is 9.43. The maximum atomic E-state index is 12.6. The van der Waals surface area contributed by atoms with Crippen molar-refractivity contribution < 1.29 is 33.1 Å². The largest absolute Gasteiger partial charge is 0.393 e. The van der Waals surface area contributed by atoms with E-state index in [1.807, 2.05) is 0 Å². The number of aliphatic hydroxyl groups excluding tert-OH is 3. The topological polar surface area (TPSA) is 135 Å². The first-order valence-electron chi connectivity index (χ1n) is 14.0. The summed E-state index contributed by atoms with van der Waals surface area (Å²) in [5.41, 5.74) is -0.243. The van der Waals surface area contributed by atoms with E-state index in [-0.39, 0.29) is 65.5 Å². The Morgan fingerprint density at radius 3 is 2.39 bits per heavy atom. The predicted molar refractivity (Wildman–Crippen MR) is 134 cm³/mol. The summed E-state index contributed by atoms with van der Waals surface area (Å²) in [6, 6.07) is 0. The van der Waals surface area contributed by atoms with Gasteiger partial charge < -0.3 is 20.2 Å². The highest BCUT2D eigenvalue weighted by Crippen LogP contribution is 2.68. The van der Waals surface area contributed by atoms with Crippen LogP contribution in [0, 0.1) is 46.3 Å². The second-order valence-corrected chi connectivity index (χ2v) is 15.2. The van der Waals surface area contributed by atoms with Gasteiger partial charge in [-0.2, -0.15) is 8.42 Å². The van der Waals surface area contributed by atoms with Gasteiger partial charge in [0.15, 0.2) is 0 Å². The molecule has 1 aliphatic heterocycles. The van der Waals surface area contributed by atoms with Crippen LogP contribution in [0.4, 0.5) is 0 Å². The van der Waals surface area contributed by atoms with Crippen LogP contribution in [0.25, 0.3) is 0 Å². The Bertz CT molecular complexity index is 967. The molecule has 1 amide bonds. The van der Waals surface area contributed by atoms with Crippen molar-refractivity contribution in [3.05, 3.63) is 0 Å². The Balaban J connectivity index is 1.26.